The number of imidazole rings is 1. The number of hydrogen-bond donors (Lipinski definition) is 1. The molecule has 0 spiro atoms. The van der Waals surface area contributed by atoms with E-state index in [1.165, 1.54) is 6.07 Å². The Morgan fingerprint density at radius 2 is 2.25 bits per heavy atom. The highest BCUT2D eigenvalue weighted by molar-refractivity contribution is 5.75. The average molecular weight is 277 g/mol. The van der Waals surface area contributed by atoms with Crippen molar-refractivity contribution >= 4 is 11.0 Å². The van der Waals surface area contributed by atoms with E-state index in [4.69, 9.17) is 0 Å². The minimum Gasteiger partial charge on any atom is -0.303 e. The van der Waals surface area contributed by atoms with Gasteiger partial charge in [0.15, 0.2) is 0 Å². The van der Waals surface area contributed by atoms with Crippen LogP contribution >= 0.6 is 0 Å². The highest BCUT2D eigenvalue weighted by Gasteiger charge is 2.27. The smallest absolute Gasteiger partial charge is 0.303 e. The van der Waals surface area contributed by atoms with Crippen LogP contribution in [-0.4, -0.2) is 33.1 Å². The number of aromatic amines is 1. The van der Waals surface area contributed by atoms with Crippen molar-refractivity contribution in [3.63, 3.8) is 0 Å². The molecule has 0 radical (unpaired) electrons. The third-order valence-electron chi connectivity index (χ3n) is 4.24. The Bertz CT molecular complexity index is 673. The number of fused-ring (bicyclic) bond motifs is 1. The van der Waals surface area contributed by atoms with Gasteiger partial charge in [-0.3, -0.25) is 9.47 Å². The maximum Gasteiger partial charge on any atom is 0.326 e. The molecule has 1 saturated heterocycles. The zero-order chi connectivity index (χ0) is 14.3. The summed E-state index contributed by atoms with van der Waals surface area (Å²) < 4.78 is 15.4. The first-order chi connectivity index (χ1) is 9.58. The molecule has 4 nitrogen and oxygen atoms in total. The van der Waals surface area contributed by atoms with Crippen molar-refractivity contribution in [2.24, 2.45) is 0 Å². The molecule has 0 saturated carbocycles. The number of rotatable bonds is 3. The Balaban J connectivity index is 1.97. The van der Waals surface area contributed by atoms with Crippen LogP contribution in [0.25, 0.3) is 11.0 Å². The third kappa shape index (κ3) is 2.16. The lowest BCUT2D eigenvalue weighted by Gasteiger charge is -2.28. The van der Waals surface area contributed by atoms with Gasteiger partial charge in [0.25, 0.3) is 0 Å². The fourth-order valence-electron chi connectivity index (χ4n) is 3.27. The molecule has 1 aliphatic rings. The second kappa shape index (κ2) is 5.05. The van der Waals surface area contributed by atoms with Crippen molar-refractivity contribution in [2.75, 3.05) is 6.54 Å². The monoisotopic (exact) mass is 277 g/mol. The van der Waals surface area contributed by atoms with Gasteiger partial charge in [0, 0.05) is 18.6 Å². The van der Waals surface area contributed by atoms with Crippen molar-refractivity contribution in [3.8, 4) is 0 Å². The van der Waals surface area contributed by atoms with Gasteiger partial charge in [0.05, 0.1) is 5.52 Å². The first-order valence-electron chi connectivity index (χ1n) is 7.20. The molecule has 2 heterocycles. The van der Waals surface area contributed by atoms with Crippen LogP contribution in [0, 0.1) is 5.82 Å². The van der Waals surface area contributed by atoms with Gasteiger partial charge in [-0.2, -0.15) is 0 Å². The Kier molecular flexibility index (Phi) is 3.38. The molecule has 3 rings (SSSR count). The summed E-state index contributed by atoms with van der Waals surface area (Å²) in [7, 11) is 0. The van der Waals surface area contributed by atoms with Crippen LogP contribution < -0.4 is 5.69 Å². The summed E-state index contributed by atoms with van der Waals surface area (Å²) in [6, 6.07) is 5.65. The number of likely N-dealkylation sites (tertiary alicyclic amines) is 1. The van der Waals surface area contributed by atoms with Gasteiger partial charge in [-0.1, -0.05) is 6.07 Å². The van der Waals surface area contributed by atoms with E-state index in [1.807, 2.05) is 0 Å². The van der Waals surface area contributed by atoms with E-state index in [0.717, 1.165) is 19.4 Å². The van der Waals surface area contributed by atoms with Gasteiger partial charge in [0.1, 0.15) is 11.3 Å². The Labute approximate surface area is 117 Å². The molecule has 1 unspecified atom stereocenters. The summed E-state index contributed by atoms with van der Waals surface area (Å²) in [6.45, 7) is 6.06. The predicted octanol–water partition coefficient (Wildman–Crippen LogP) is 2.34. The van der Waals surface area contributed by atoms with E-state index in [0.29, 0.717) is 29.7 Å². The SMILES string of the molecule is CC(C)N1CCCC1Cn1c(=O)[nH]c2c(F)cccc21. The second-order valence-corrected chi connectivity index (χ2v) is 5.80. The standard InChI is InChI=1S/C15H20FN3O/c1-10(2)18-8-4-5-11(18)9-19-13-7-3-6-12(16)14(13)17-15(19)20/h3,6-7,10-11H,4-5,8-9H2,1-2H3,(H,17,20). The summed E-state index contributed by atoms with van der Waals surface area (Å²) >= 11 is 0. The zero-order valence-corrected chi connectivity index (χ0v) is 11.9. The van der Waals surface area contributed by atoms with Gasteiger partial charge >= 0.3 is 5.69 Å². The number of halogens is 1. The number of aromatic nitrogens is 2. The molecule has 1 fully saturated rings. The van der Waals surface area contributed by atoms with Crippen molar-refractivity contribution in [1.82, 2.24) is 14.5 Å². The van der Waals surface area contributed by atoms with Crippen molar-refractivity contribution in [2.45, 2.75) is 45.3 Å². The minimum atomic E-state index is -0.370. The van der Waals surface area contributed by atoms with Crippen LogP contribution in [0.15, 0.2) is 23.0 Å². The second-order valence-electron chi connectivity index (χ2n) is 5.80. The molecule has 20 heavy (non-hydrogen) atoms. The first kappa shape index (κ1) is 13.4. The first-order valence-corrected chi connectivity index (χ1v) is 7.20. The lowest BCUT2D eigenvalue weighted by molar-refractivity contribution is 0.187. The number of nitrogens with zero attached hydrogens (tertiary/aromatic N) is 2. The molecular weight excluding hydrogens is 257 g/mol. The third-order valence-corrected chi connectivity index (χ3v) is 4.24. The van der Waals surface area contributed by atoms with Gasteiger partial charge < -0.3 is 4.98 Å². The number of benzene rings is 1. The highest BCUT2D eigenvalue weighted by Crippen LogP contribution is 2.22. The molecule has 0 bridgehead atoms. The Hall–Kier alpha value is -1.62. The summed E-state index contributed by atoms with van der Waals surface area (Å²) in [5, 5.41) is 0. The van der Waals surface area contributed by atoms with Crippen molar-refractivity contribution < 1.29 is 4.39 Å². The van der Waals surface area contributed by atoms with Crippen molar-refractivity contribution in [3.05, 3.63) is 34.5 Å². The number of H-pyrrole nitrogens is 1. The molecule has 1 aromatic carbocycles. The normalized spacial score (nSPS) is 20.3. The molecule has 1 aliphatic heterocycles. The highest BCUT2D eigenvalue weighted by atomic mass is 19.1. The van der Waals surface area contributed by atoms with Crippen LogP contribution in [0.2, 0.25) is 0 Å². The molecule has 5 heteroatoms. The van der Waals surface area contributed by atoms with Crippen LogP contribution in [0.1, 0.15) is 26.7 Å². The van der Waals surface area contributed by atoms with Gasteiger partial charge in [-0.25, -0.2) is 9.18 Å². The summed E-state index contributed by atoms with van der Waals surface area (Å²) in [5.41, 5.74) is 0.748. The topological polar surface area (TPSA) is 41.0 Å². The summed E-state index contributed by atoms with van der Waals surface area (Å²) in [4.78, 5) is 17.1. The molecule has 0 aliphatic carbocycles. The van der Waals surface area contributed by atoms with E-state index in [1.54, 1.807) is 16.7 Å². The Morgan fingerprint density at radius 1 is 1.45 bits per heavy atom. The average Bonchev–Trinajstić information content (AvgIpc) is 2.98. The Morgan fingerprint density at radius 3 is 3.00 bits per heavy atom. The summed E-state index contributed by atoms with van der Waals surface area (Å²) in [6.07, 6.45) is 2.25. The molecule has 108 valence electrons. The van der Waals surface area contributed by atoms with Crippen molar-refractivity contribution in [1.29, 1.82) is 0 Å². The van der Waals surface area contributed by atoms with Gasteiger partial charge in [-0.05, 0) is 45.4 Å². The number of hydrogen-bond acceptors (Lipinski definition) is 2. The molecule has 0 amide bonds. The predicted molar refractivity (Wildman–Crippen MR) is 77.4 cm³/mol. The van der Waals surface area contributed by atoms with Crippen LogP contribution in [0.4, 0.5) is 4.39 Å². The van der Waals surface area contributed by atoms with E-state index in [9.17, 15) is 9.18 Å². The minimum absolute atomic E-state index is 0.222. The van der Waals surface area contributed by atoms with Crippen LogP contribution in [-0.2, 0) is 6.54 Å². The van der Waals surface area contributed by atoms with Gasteiger partial charge in [0.2, 0.25) is 0 Å². The maximum absolute atomic E-state index is 13.7. The largest absolute Gasteiger partial charge is 0.326 e. The van der Waals surface area contributed by atoms with Gasteiger partial charge in [-0.15, -0.1) is 0 Å². The zero-order valence-electron chi connectivity index (χ0n) is 11.9. The quantitative estimate of drug-likeness (QED) is 0.935. The number of para-hydroxylation sites is 1. The lowest BCUT2D eigenvalue weighted by atomic mass is 10.2. The summed E-state index contributed by atoms with van der Waals surface area (Å²) in [5.74, 6) is -0.370. The lowest BCUT2D eigenvalue weighted by Crippen LogP contribution is -2.39. The fourth-order valence-corrected chi connectivity index (χ4v) is 3.27. The maximum atomic E-state index is 13.7. The van der Waals surface area contributed by atoms with Crippen LogP contribution in [0.3, 0.4) is 0 Å². The molecule has 1 aromatic heterocycles. The molecule has 2 aromatic rings. The molecule has 1 atom stereocenters. The molecule has 1 N–H and O–H groups in total. The molecular formula is C15H20FN3O. The van der Waals surface area contributed by atoms with Crippen LogP contribution in [0.5, 0.6) is 0 Å². The van der Waals surface area contributed by atoms with E-state index >= 15 is 0 Å². The van der Waals surface area contributed by atoms with E-state index in [-0.39, 0.29) is 11.5 Å². The van der Waals surface area contributed by atoms with E-state index < -0.39 is 0 Å². The fraction of sp³-hybridized carbons (Fsp3) is 0.533. The number of nitrogens with one attached hydrogen (secondary N) is 1. The van der Waals surface area contributed by atoms with E-state index in [2.05, 4.69) is 23.7 Å².